The monoisotopic (exact) mass is 238 g/mol. The third-order valence-electron chi connectivity index (χ3n) is 3.27. The van der Waals surface area contributed by atoms with Crippen LogP contribution in [-0.2, 0) is 13.1 Å². The molecule has 2 rings (SSSR count). The van der Waals surface area contributed by atoms with Crippen molar-refractivity contribution in [3.05, 3.63) is 21.4 Å². The summed E-state index contributed by atoms with van der Waals surface area (Å²) in [5.74, 6) is 0. The van der Waals surface area contributed by atoms with Crippen LogP contribution in [0.5, 0.6) is 0 Å². The van der Waals surface area contributed by atoms with Crippen molar-refractivity contribution < 1.29 is 0 Å². The predicted molar refractivity (Wildman–Crippen MR) is 70.9 cm³/mol. The molecule has 0 spiro atoms. The summed E-state index contributed by atoms with van der Waals surface area (Å²) in [7, 11) is 2.01. The van der Waals surface area contributed by atoms with Crippen LogP contribution in [0.4, 0.5) is 0 Å². The summed E-state index contributed by atoms with van der Waals surface area (Å²) in [6.07, 6.45) is 2.81. The van der Waals surface area contributed by atoms with Crippen molar-refractivity contribution in [2.75, 3.05) is 13.6 Å². The normalized spacial score (nSPS) is 16.0. The average molecular weight is 238 g/mol. The van der Waals surface area contributed by atoms with E-state index >= 15 is 0 Å². The third kappa shape index (κ3) is 2.84. The highest BCUT2D eigenvalue weighted by atomic mass is 32.1. The predicted octanol–water partition coefficient (Wildman–Crippen LogP) is 2.76. The van der Waals surface area contributed by atoms with Gasteiger partial charge in [0.15, 0.2) is 0 Å². The zero-order valence-corrected chi connectivity index (χ0v) is 11.4. The van der Waals surface area contributed by atoms with Gasteiger partial charge >= 0.3 is 0 Å². The van der Waals surface area contributed by atoms with E-state index < -0.39 is 0 Å². The molecule has 2 nitrogen and oxygen atoms in total. The Hall–Kier alpha value is -0.380. The molecule has 1 aromatic rings. The molecular weight excluding hydrogens is 216 g/mol. The van der Waals surface area contributed by atoms with E-state index in [2.05, 4.69) is 30.1 Å². The van der Waals surface area contributed by atoms with Crippen LogP contribution in [0.25, 0.3) is 0 Å². The molecule has 1 aliphatic rings. The molecule has 0 bridgehead atoms. The van der Waals surface area contributed by atoms with Gasteiger partial charge in [-0.15, -0.1) is 11.3 Å². The summed E-state index contributed by atoms with van der Waals surface area (Å²) in [6.45, 7) is 7.85. The van der Waals surface area contributed by atoms with E-state index in [0.717, 1.165) is 19.1 Å². The lowest BCUT2D eigenvalue weighted by molar-refractivity contribution is 0.269. The van der Waals surface area contributed by atoms with Crippen molar-refractivity contribution in [3.63, 3.8) is 0 Å². The van der Waals surface area contributed by atoms with Crippen molar-refractivity contribution in [2.24, 2.45) is 0 Å². The molecule has 0 saturated heterocycles. The van der Waals surface area contributed by atoms with Gasteiger partial charge in [-0.3, -0.25) is 4.90 Å². The van der Waals surface area contributed by atoms with Gasteiger partial charge in [-0.1, -0.05) is 6.92 Å². The van der Waals surface area contributed by atoms with E-state index in [-0.39, 0.29) is 0 Å². The minimum atomic E-state index is 0.872. The second-order valence-corrected chi connectivity index (χ2v) is 5.96. The fraction of sp³-hybridized carbons (Fsp3) is 0.692. The molecular formula is C13H22N2S. The van der Waals surface area contributed by atoms with Crippen LogP contribution in [0.2, 0.25) is 0 Å². The van der Waals surface area contributed by atoms with E-state index in [1.807, 2.05) is 18.4 Å². The first-order chi connectivity index (χ1) is 7.74. The lowest BCUT2D eigenvalue weighted by atomic mass is 10.2. The first-order valence-electron chi connectivity index (χ1n) is 6.21. The molecule has 90 valence electrons. The highest BCUT2D eigenvalue weighted by Gasteiger charge is 2.28. The SMILES string of the molecule is CCN(Cc1cc(CNC)sc1C)C1CC1. The average Bonchev–Trinajstić information content (AvgIpc) is 3.03. The molecule has 16 heavy (non-hydrogen) atoms. The maximum Gasteiger partial charge on any atom is 0.0296 e. The van der Waals surface area contributed by atoms with Crippen LogP contribution in [0.1, 0.15) is 35.1 Å². The van der Waals surface area contributed by atoms with Gasteiger partial charge < -0.3 is 5.32 Å². The Morgan fingerprint density at radius 2 is 2.25 bits per heavy atom. The summed E-state index contributed by atoms with van der Waals surface area (Å²) in [5, 5.41) is 3.22. The van der Waals surface area contributed by atoms with Crippen molar-refractivity contribution in [2.45, 2.75) is 45.8 Å². The summed E-state index contributed by atoms with van der Waals surface area (Å²) in [5.41, 5.74) is 1.53. The molecule has 0 aromatic carbocycles. The van der Waals surface area contributed by atoms with Crippen molar-refractivity contribution in [3.8, 4) is 0 Å². The fourth-order valence-electron chi connectivity index (χ4n) is 2.16. The second-order valence-electron chi connectivity index (χ2n) is 4.62. The van der Waals surface area contributed by atoms with Gasteiger partial charge in [-0.2, -0.15) is 0 Å². The Bertz CT molecular complexity index is 342. The lowest BCUT2D eigenvalue weighted by Gasteiger charge is -2.19. The largest absolute Gasteiger partial charge is 0.315 e. The third-order valence-corrected chi connectivity index (χ3v) is 4.36. The van der Waals surface area contributed by atoms with Crippen LogP contribution < -0.4 is 5.32 Å². The molecule has 1 aromatic heterocycles. The van der Waals surface area contributed by atoms with Gasteiger partial charge in [-0.05, 0) is 45.0 Å². The van der Waals surface area contributed by atoms with Crippen LogP contribution in [-0.4, -0.2) is 24.5 Å². The van der Waals surface area contributed by atoms with E-state index in [1.165, 1.54) is 34.7 Å². The van der Waals surface area contributed by atoms with Gasteiger partial charge in [0.25, 0.3) is 0 Å². The minimum absolute atomic E-state index is 0.872. The van der Waals surface area contributed by atoms with Gasteiger partial charge in [0.1, 0.15) is 0 Å². The Morgan fingerprint density at radius 3 is 2.81 bits per heavy atom. The lowest BCUT2D eigenvalue weighted by Crippen LogP contribution is -2.25. The number of hydrogen-bond acceptors (Lipinski definition) is 3. The Balaban J connectivity index is 2.01. The number of thiophene rings is 1. The maximum atomic E-state index is 3.22. The Morgan fingerprint density at radius 1 is 1.50 bits per heavy atom. The molecule has 1 N–H and O–H groups in total. The summed E-state index contributed by atoms with van der Waals surface area (Å²) >= 11 is 1.93. The summed E-state index contributed by atoms with van der Waals surface area (Å²) in [6, 6.07) is 3.25. The number of nitrogens with one attached hydrogen (secondary N) is 1. The standard InChI is InChI=1S/C13H22N2S/c1-4-15(12-5-6-12)9-11-7-13(8-14-3)16-10(11)2/h7,12,14H,4-6,8-9H2,1-3H3. The van der Waals surface area contributed by atoms with E-state index in [0.29, 0.717) is 0 Å². The highest BCUT2D eigenvalue weighted by Crippen LogP contribution is 2.30. The van der Waals surface area contributed by atoms with Crippen molar-refractivity contribution >= 4 is 11.3 Å². The molecule has 1 fully saturated rings. The molecule has 0 unspecified atom stereocenters. The van der Waals surface area contributed by atoms with Gasteiger partial charge in [0.2, 0.25) is 0 Å². The number of nitrogens with zero attached hydrogens (tertiary/aromatic N) is 1. The fourth-order valence-corrected chi connectivity index (χ4v) is 3.23. The summed E-state index contributed by atoms with van der Waals surface area (Å²) < 4.78 is 0. The quantitative estimate of drug-likeness (QED) is 0.820. The Labute approximate surface area is 103 Å². The number of hydrogen-bond donors (Lipinski definition) is 1. The van der Waals surface area contributed by atoms with E-state index in [9.17, 15) is 0 Å². The van der Waals surface area contributed by atoms with Crippen LogP contribution in [0.3, 0.4) is 0 Å². The smallest absolute Gasteiger partial charge is 0.0296 e. The topological polar surface area (TPSA) is 15.3 Å². The molecule has 3 heteroatoms. The molecule has 1 aliphatic carbocycles. The Kier molecular flexibility index (Phi) is 4.00. The molecule has 1 heterocycles. The number of aryl methyl sites for hydroxylation is 1. The molecule has 0 radical (unpaired) electrons. The second kappa shape index (κ2) is 5.30. The molecule has 0 atom stereocenters. The molecule has 0 aliphatic heterocycles. The molecule has 1 saturated carbocycles. The first-order valence-corrected chi connectivity index (χ1v) is 7.03. The van der Waals surface area contributed by atoms with Crippen molar-refractivity contribution in [1.82, 2.24) is 10.2 Å². The zero-order chi connectivity index (χ0) is 11.5. The summed E-state index contributed by atoms with van der Waals surface area (Å²) in [4.78, 5) is 5.56. The van der Waals surface area contributed by atoms with Crippen LogP contribution in [0, 0.1) is 6.92 Å². The van der Waals surface area contributed by atoms with Crippen molar-refractivity contribution in [1.29, 1.82) is 0 Å². The minimum Gasteiger partial charge on any atom is -0.315 e. The molecule has 0 amide bonds. The van der Waals surface area contributed by atoms with Gasteiger partial charge in [0, 0.05) is 28.9 Å². The first kappa shape index (κ1) is 12.1. The van der Waals surface area contributed by atoms with Crippen LogP contribution >= 0.6 is 11.3 Å². The zero-order valence-electron chi connectivity index (χ0n) is 10.5. The van der Waals surface area contributed by atoms with Gasteiger partial charge in [0.05, 0.1) is 0 Å². The number of rotatable bonds is 6. The highest BCUT2D eigenvalue weighted by molar-refractivity contribution is 7.12. The van der Waals surface area contributed by atoms with Crippen LogP contribution in [0.15, 0.2) is 6.07 Å². The van der Waals surface area contributed by atoms with Gasteiger partial charge in [-0.25, -0.2) is 0 Å². The van der Waals surface area contributed by atoms with E-state index in [4.69, 9.17) is 0 Å². The van der Waals surface area contributed by atoms with E-state index in [1.54, 1.807) is 0 Å². The maximum absolute atomic E-state index is 3.22.